The molecule has 0 aliphatic heterocycles. The number of hydrogen-bond acceptors (Lipinski definition) is 4. The lowest BCUT2D eigenvalue weighted by Crippen LogP contribution is -2.24. The summed E-state index contributed by atoms with van der Waals surface area (Å²) >= 11 is 0. The van der Waals surface area contributed by atoms with Crippen molar-refractivity contribution >= 4 is 11.9 Å². The summed E-state index contributed by atoms with van der Waals surface area (Å²) in [5.74, 6) is -0.522. The lowest BCUT2D eigenvalue weighted by atomic mass is 10.1. The minimum Gasteiger partial charge on any atom is -0.462 e. The molecule has 0 heterocycles. The lowest BCUT2D eigenvalue weighted by molar-refractivity contribution is -0.157. The van der Waals surface area contributed by atoms with Crippen LogP contribution < -0.4 is 0 Å². The molecule has 0 spiro atoms. The van der Waals surface area contributed by atoms with Crippen molar-refractivity contribution in [2.24, 2.45) is 0 Å². The van der Waals surface area contributed by atoms with Gasteiger partial charge in [-0.25, -0.2) is 0 Å². The van der Waals surface area contributed by atoms with Crippen molar-refractivity contribution in [3.63, 3.8) is 0 Å². The third-order valence-electron chi connectivity index (χ3n) is 3.60. The van der Waals surface area contributed by atoms with Crippen molar-refractivity contribution in [1.29, 1.82) is 0 Å². The van der Waals surface area contributed by atoms with Gasteiger partial charge in [0, 0.05) is 13.3 Å². The van der Waals surface area contributed by atoms with Crippen LogP contribution in [0.25, 0.3) is 0 Å². The smallest absolute Gasteiger partial charge is 0.305 e. The van der Waals surface area contributed by atoms with Crippen molar-refractivity contribution in [2.45, 2.75) is 97.5 Å². The summed E-state index contributed by atoms with van der Waals surface area (Å²) in [5, 5.41) is 0. The Morgan fingerprint density at radius 3 is 2.00 bits per heavy atom. The molecule has 0 fully saturated rings. The van der Waals surface area contributed by atoms with Gasteiger partial charge < -0.3 is 9.47 Å². The molecule has 0 amide bonds. The topological polar surface area (TPSA) is 52.6 Å². The van der Waals surface area contributed by atoms with Crippen molar-refractivity contribution in [3.05, 3.63) is 0 Å². The predicted octanol–water partition coefficient (Wildman–Crippen LogP) is 4.79. The Labute approximate surface area is 135 Å². The number of ether oxygens (including phenoxy) is 2. The maximum absolute atomic E-state index is 11.4. The molecule has 4 heteroatoms. The minimum absolute atomic E-state index is 0.189. The highest BCUT2D eigenvalue weighted by molar-refractivity contribution is 5.69. The van der Waals surface area contributed by atoms with Crippen LogP contribution in [0.4, 0.5) is 0 Å². The van der Waals surface area contributed by atoms with E-state index in [0.29, 0.717) is 6.42 Å². The molecule has 4 nitrogen and oxygen atoms in total. The van der Waals surface area contributed by atoms with Crippen LogP contribution in [0.5, 0.6) is 0 Å². The summed E-state index contributed by atoms with van der Waals surface area (Å²) in [6.45, 7) is 5.75. The van der Waals surface area contributed by atoms with Crippen molar-refractivity contribution < 1.29 is 19.1 Å². The second-order valence-electron chi connectivity index (χ2n) is 5.93. The fourth-order valence-corrected chi connectivity index (χ4v) is 2.38. The second kappa shape index (κ2) is 14.9. The molecule has 0 aliphatic rings. The van der Waals surface area contributed by atoms with Crippen LogP contribution in [0.3, 0.4) is 0 Å². The van der Waals surface area contributed by atoms with Crippen LogP contribution in [-0.4, -0.2) is 24.6 Å². The first-order valence-corrected chi connectivity index (χ1v) is 8.93. The van der Waals surface area contributed by atoms with Gasteiger partial charge in [0.1, 0.15) is 12.7 Å². The van der Waals surface area contributed by atoms with Gasteiger partial charge in [-0.2, -0.15) is 0 Å². The van der Waals surface area contributed by atoms with E-state index in [1.165, 1.54) is 45.4 Å². The van der Waals surface area contributed by atoms with E-state index < -0.39 is 0 Å². The van der Waals surface area contributed by atoms with Crippen LogP contribution in [0, 0.1) is 0 Å². The molecule has 1 atom stereocenters. The van der Waals surface area contributed by atoms with Gasteiger partial charge in [-0.05, 0) is 19.3 Å². The number of carbonyl (C=O) groups excluding carboxylic acids is 2. The van der Waals surface area contributed by atoms with Crippen LogP contribution in [0.15, 0.2) is 0 Å². The number of unbranched alkanes of at least 4 members (excludes halogenated alkanes) is 7. The molecule has 0 N–H and O–H groups in total. The van der Waals surface area contributed by atoms with Crippen molar-refractivity contribution in [2.75, 3.05) is 6.61 Å². The monoisotopic (exact) mass is 314 g/mol. The quantitative estimate of drug-likeness (QED) is 0.341. The maximum Gasteiger partial charge on any atom is 0.305 e. The fourth-order valence-electron chi connectivity index (χ4n) is 2.38. The average molecular weight is 314 g/mol. The molecule has 0 aromatic rings. The maximum atomic E-state index is 11.4. The third kappa shape index (κ3) is 13.9. The lowest BCUT2D eigenvalue weighted by Gasteiger charge is -2.17. The Morgan fingerprint density at radius 2 is 1.45 bits per heavy atom. The van der Waals surface area contributed by atoms with E-state index in [0.717, 1.165) is 25.7 Å². The largest absolute Gasteiger partial charge is 0.462 e. The summed E-state index contributed by atoms with van der Waals surface area (Å²) in [7, 11) is 0. The van der Waals surface area contributed by atoms with Crippen molar-refractivity contribution in [3.8, 4) is 0 Å². The van der Waals surface area contributed by atoms with E-state index >= 15 is 0 Å². The molecular formula is C18H34O4. The molecule has 0 radical (unpaired) electrons. The molecule has 130 valence electrons. The first kappa shape index (κ1) is 20.9. The molecule has 0 bridgehead atoms. The molecule has 0 aromatic heterocycles. The fraction of sp³-hybridized carbons (Fsp3) is 0.889. The first-order valence-electron chi connectivity index (χ1n) is 8.93. The first-order chi connectivity index (χ1) is 10.6. The zero-order valence-electron chi connectivity index (χ0n) is 14.7. The standard InChI is InChI=1S/C18H34O4/c1-4-6-7-8-9-10-11-12-14-17(22-16(3)19)15-21-18(20)13-5-2/h17H,4-15H2,1-3H3/t17-/m1/s1. The van der Waals surface area contributed by atoms with Gasteiger partial charge in [-0.1, -0.05) is 58.8 Å². The highest BCUT2D eigenvalue weighted by Gasteiger charge is 2.14. The molecule has 0 aromatic carbocycles. The molecule has 0 rings (SSSR count). The van der Waals surface area contributed by atoms with Crippen LogP contribution in [0.2, 0.25) is 0 Å². The predicted molar refractivity (Wildman–Crippen MR) is 88.6 cm³/mol. The van der Waals surface area contributed by atoms with E-state index in [9.17, 15) is 9.59 Å². The van der Waals surface area contributed by atoms with E-state index in [1.807, 2.05) is 6.92 Å². The normalized spacial score (nSPS) is 12.0. The number of carbonyl (C=O) groups is 2. The number of rotatable bonds is 14. The van der Waals surface area contributed by atoms with Gasteiger partial charge in [0.2, 0.25) is 0 Å². The van der Waals surface area contributed by atoms with Crippen LogP contribution in [-0.2, 0) is 19.1 Å². The highest BCUT2D eigenvalue weighted by atomic mass is 16.6. The zero-order valence-corrected chi connectivity index (χ0v) is 14.7. The average Bonchev–Trinajstić information content (AvgIpc) is 2.47. The van der Waals surface area contributed by atoms with Gasteiger partial charge in [0.15, 0.2) is 0 Å². The Bertz CT molecular complexity index is 289. The zero-order chi connectivity index (χ0) is 16.6. The van der Waals surface area contributed by atoms with Crippen LogP contribution >= 0.6 is 0 Å². The Balaban J connectivity index is 3.75. The Morgan fingerprint density at radius 1 is 0.864 bits per heavy atom. The third-order valence-corrected chi connectivity index (χ3v) is 3.60. The number of esters is 2. The van der Waals surface area contributed by atoms with E-state index in [2.05, 4.69) is 6.92 Å². The summed E-state index contributed by atoms with van der Waals surface area (Å²) < 4.78 is 10.4. The molecule has 0 saturated carbocycles. The summed E-state index contributed by atoms with van der Waals surface area (Å²) in [4.78, 5) is 22.5. The highest BCUT2D eigenvalue weighted by Crippen LogP contribution is 2.12. The molecule has 22 heavy (non-hydrogen) atoms. The SMILES string of the molecule is CCCCCCCCCC[C@H](COC(=O)CCC)OC(C)=O. The van der Waals surface area contributed by atoms with Gasteiger partial charge in [0.05, 0.1) is 0 Å². The Kier molecular flexibility index (Phi) is 14.1. The van der Waals surface area contributed by atoms with Gasteiger partial charge in [-0.3, -0.25) is 9.59 Å². The minimum atomic E-state index is -0.309. The molecule has 0 aliphatic carbocycles. The van der Waals surface area contributed by atoms with Crippen molar-refractivity contribution in [1.82, 2.24) is 0 Å². The second-order valence-corrected chi connectivity index (χ2v) is 5.93. The summed E-state index contributed by atoms with van der Waals surface area (Å²) in [6.07, 6.45) is 11.6. The van der Waals surface area contributed by atoms with Crippen LogP contribution in [0.1, 0.15) is 91.4 Å². The summed E-state index contributed by atoms with van der Waals surface area (Å²) in [5.41, 5.74) is 0. The molecule has 0 saturated heterocycles. The van der Waals surface area contributed by atoms with Gasteiger partial charge in [-0.15, -0.1) is 0 Å². The summed E-state index contributed by atoms with van der Waals surface area (Å²) in [6, 6.07) is 0. The Hall–Kier alpha value is -1.06. The van der Waals surface area contributed by atoms with Gasteiger partial charge >= 0.3 is 11.9 Å². The van der Waals surface area contributed by atoms with E-state index in [4.69, 9.17) is 9.47 Å². The molecular weight excluding hydrogens is 280 g/mol. The number of hydrogen-bond donors (Lipinski definition) is 0. The van der Waals surface area contributed by atoms with Gasteiger partial charge in [0.25, 0.3) is 0 Å². The van der Waals surface area contributed by atoms with E-state index in [1.54, 1.807) is 0 Å². The van der Waals surface area contributed by atoms with E-state index in [-0.39, 0.29) is 24.6 Å². The molecule has 0 unspecified atom stereocenters.